The molecular formula is C16H16N4O. The smallest absolute Gasteiger partial charge is 0.231 e. The fourth-order valence-electron chi connectivity index (χ4n) is 2.29. The van der Waals surface area contributed by atoms with Gasteiger partial charge in [-0.25, -0.2) is 4.98 Å². The minimum absolute atomic E-state index is 0.116. The standard InChI is InChI=1S/C16H16N4O/c17-10-12-6-2-1-5-11(12)9-15(21)20-16-18-13-7-3-4-8-14(13)19-16/h1-8H,9-10,17H2,(H2,18,19,20,21). The molecule has 0 unspecified atom stereocenters. The van der Waals surface area contributed by atoms with Crippen molar-refractivity contribution in [1.82, 2.24) is 9.97 Å². The number of rotatable bonds is 4. The van der Waals surface area contributed by atoms with Gasteiger partial charge >= 0.3 is 0 Å². The number of nitrogens with two attached hydrogens (primary N) is 1. The summed E-state index contributed by atoms with van der Waals surface area (Å²) in [4.78, 5) is 19.5. The molecule has 0 fully saturated rings. The van der Waals surface area contributed by atoms with Crippen molar-refractivity contribution in [3.05, 3.63) is 59.7 Å². The summed E-state index contributed by atoms with van der Waals surface area (Å²) in [6, 6.07) is 15.3. The number of carbonyl (C=O) groups excluding carboxylic acids is 1. The zero-order valence-electron chi connectivity index (χ0n) is 11.5. The van der Waals surface area contributed by atoms with E-state index in [4.69, 9.17) is 5.73 Å². The third-order valence-corrected chi connectivity index (χ3v) is 3.34. The Balaban J connectivity index is 1.74. The lowest BCUT2D eigenvalue weighted by Gasteiger charge is -2.07. The number of hydrogen-bond acceptors (Lipinski definition) is 3. The molecule has 106 valence electrons. The van der Waals surface area contributed by atoms with Crippen LogP contribution in [-0.2, 0) is 17.8 Å². The van der Waals surface area contributed by atoms with Gasteiger partial charge in [0.2, 0.25) is 11.9 Å². The predicted molar refractivity (Wildman–Crippen MR) is 82.8 cm³/mol. The Kier molecular flexibility index (Phi) is 3.66. The fraction of sp³-hybridized carbons (Fsp3) is 0.125. The van der Waals surface area contributed by atoms with Crippen LogP contribution in [-0.4, -0.2) is 15.9 Å². The van der Waals surface area contributed by atoms with Crippen molar-refractivity contribution >= 4 is 22.9 Å². The third-order valence-electron chi connectivity index (χ3n) is 3.34. The number of carbonyl (C=O) groups is 1. The van der Waals surface area contributed by atoms with E-state index in [1.54, 1.807) is 0 Å². The topological polar surface area (TPSA) is 83.8 Å². The highest BCUT2D eigenvalue weighted by molar-refractivity contribution is 5.92. The van der Waals surface area contributed by atoms with E-state index >= 15 is 0 Å². The summed E-state index contributed by atoms with van der Waals surface area (Å²) >= 11 is 0. The first-order valence-electron chi connectivity index (χ1n) is 6.77. The lowest BCUT2D eigenvalue weighted by atomic mass is 10.0. The number of aromatic amines is 1. The number of para-hydroxylation sites is 2. The number of aromatic nitrogens is 2. The summed E-state index contributed by atoms with van der Waals surface area (Å²) in [6.45, 7) is 0.425. The Hall–Kier alpha value is -2.66. The molecule has 2 aromatic carbocycles. The van der Waals surface area contributed by atoms with Crippen molar-refractivity contribution in [2.75, 3.05) is 5.32 Å². The van der Waals surface area contributed by atoms with Crippen LogP contribution in [0.5, 0.6) is 0 Å². The summed E-state index contributed by atoms with van der Waals surface area (Å²) < 4.78 is 0. The average Bonchev–Trinajstić information content (AvgIpc) is 2.89. The highest BCUT2D eigenvalue weighted by atomic mass is 16.1. The third kappa shape index (κ3) is 2.93. The van der Waals surface area contributed by atoms with E-state index in [1.807, 2.05) is 48.5 Å². The molecule has 5 heteroatoms. The minimum Gasteiger partial charge on any atom is -0.326 e. The Morgan fingerprint density at radius 1 is 1.10 bits per heavy atom. The van der Waals surface area contributed by atoms with Gasteiger partial charge in [-0.05, 0) is 23.3 Å². The quantitative estimate of drug-likeness (QED) is 0.685. The first-order valence-corrected chi connectivity index (χ1v) is 6.77. The Morgan fingerprint density at radius 3 is 2.57 bits per heavy atom. The average molecular weight is 280 g/mol. The Labute approximate surface area is 122 Å². The molecule has 0 atom stereocenters. The summed E-state index contributed by atoms with van der Waals surface area (Å²) in [7, 11) is 0. The van der Waals surface area contributed by atoms with E-state index in [1.165, 1.54) is 0 Å². The maximum Gasteiger partial charge on any atom is 0.231 e. The molecule has 3 rings (SSSR count). The van der Waals surface area contributed by atoms with Crippen molar-refractivity contribution < 1.29 is 4.79 Å². The van der Waals surface area contributed by atoms with E-state index in [9.17, 15) is 4.79 Å². The predicted octanol–water partition coefficient (Wildman–Crippen LogP) is 2.20. The monoisotopic (exact) mass is 280 g/mol. The van der Waals surface area contributed by atoms with Gasteiger partial charge in [-0.15, -0.1) is 0 Å². The molecule has 1 heterocycles. The summed E-state index contributed by atoms with van der Waals surface area (Å²) in [6.07, 6.45) is 0.282. The molecule has 0 aliphatic heterocycles. The van der Waals surface area contributed by atoms with Crippen molar-refractivity contribution in [1.29, 1.82) is 0 Å². The number of hydrogen-bond donors (Lipinski definition) is 3. The molecule has 0 spiro atoms. The van der Waals surface area contributed by atoms with Crippen LogP contribution in [0.2, 0.25) is 0 Å². The molecule has 1 aromatic heterocycles. The molecule has 5 nitrogen and oxygen atoms in total. The van der Waals surface area contributed by atoms with Gasteiger partial charge in [0.25, 0.3) is 0 Å². The Bertz CT molecular complexity index is 746. The van der Waals surface area contributed by atoms with Crippen LogP contribution in [0.1, 0.15) is 11.1 Å². The number of anilines is 1. The van der Waals surface area contributed by atoms with E-state index in [0.717, 1.165) is 22.2 Å². The van der Waals surface area contributed by atoms with Crippen molar-refractivity contribution in [2.24, 2.45) is 5.73 Å². The normalized spacial score (nSPS) is 10.7. The van der Waals surface area contributed by atoms with Crippen LogP contribution in [0, 0.1) is 0 Å². The van der Waals surface area contributed by atoms with E-state index < -0.39 is 0 Å². The van der Waals surface area contributed by atoms with E-state index in [2.05, 4.69) is 15.3 Å². The molecule has 0 radical (unpaired) electrons. The number of benzene rings is 2. The van der Waals surface area contributed by atoms with Crippen LogP contribution in [0.25, 0.3) is 11.0 Å². The van der Waals surface area contributed by atoms with Crippen LogP contribution < -0.4 is 11.1 Å². The molecule has 0 saturated heterocycles. The van der Waals surface area contributed by atoms with Crippen LogP contribution in [0.4, 0.5) is 5.95 Å². The molecule has 0 aliphatic carbocycles. The maximum absolute atomic E-state index is 12.1. The lowest BCUT2D eigenvalue weighted by molar-refractivity contribution is -0.115. The molecule has 0 saturated carbocycles. The van der Waals surface area contributed by atoms with Gasteiger partial charge in [-0.1, -0.05) is 36.4 Å². The van der Waals surface area contributed by atoms with Gasteiger partial charge in [0.1, 0.15) is 0 Å². The van der Waals surface area contributed by atoms with Gasteiger partial charge < -0.3 is 10.7 Å². The molecule has 0 bridgehead atoms. The largest absolute Gasteiger partial charge is 0.326 e. The van der Waals surface area contributed by atoms with Crippen LogP contribution in [0.15, 0.2) is 48.5 Å². The SMILES string of the molecule is NCc1ccccc1CC(=O)Nc1nc2ccccc2[nH]1. The van der Waals surface area contributed by atoms with Gasteiger partial charge in [0.15, 0.2) is 0 Å². The fourth-order valence-corrected chi connectivity index (χ4v) is 2.29. The van der Waals surface area contributed by atoms with Gasteiger partial charge in [-0.2, -0.15) is 0 Å². The molecule has 0 aliphatic rings. The number of nitrogens with one attached hydrogen (secondary N) is 2. The van der Waals surface area contributed by atoms with Crippen LogP contribution in [0.3, 0.4) is 0 Å². The number of fused-ring (bicyclic) bond motifs is 1. The van der Waals surface area contributed by atoms with Crippen molar-refractivity contribution in [3.63, 3.8) is 0 Å². The van der Waals surface area contributed by atoms with E-state index in [-0.39, 0.29) is 12.3 Å². The minimum atomic E-state index is -0.116. The second kappa shape index (κ2) is 5.76. The van der Waals surface area contributed by atoms with Gasteiger partial charge in [0, 0.05) is 6.54 Å². The number of H-pyrrole nitrogens is 1. The molecular weight excluding hydrogens is 264 g/mol. The van der Waals surface area contributed by atoms with Crippen molar-refractivity contribution in [3.8, 4) is 0 Å². The highest BCUT2D eigenvalue weighted by Gasteiger charge is 2.09. The summed E-state index contributed by atoms with van der Waals surface area (Å²) in [5.41, 5.74) is 9.33. The molecule has 1 amide bonds. The Morgan fingerprint density at radius 2 is 1.81 bits per heavy atom. The summed E-state index contributed by atoms with van der Waals surface area (Å²) in [5, 5.41) is 2.78. The first-order chi connectivity index (χ1) is 10.3. The zero-order valence-corrected chi connectivity index (χ0v) is 11.5. The number of nitrogens with zero attached hydrogens (tertiary/aromatic N) is 1. The summed E-state index contributed by atoms with van der Waals surface area (Å²) in [5.74, 6) is 0.349. The number of imidazole rings is 1. The molecule has 21 heavy (non-hydrogen) atoms. The molecule has 4 N–H and O–H groups in total. The highest BCUT2D eigenvalue weighted by Crippen LogP contribution is 2.14. The van der Waals surface area contributed by atoms with Crippen LogP contribution >= 0.6 is 0 Å². The van der Waals surface area contributed by atoms with Gasteiger partial charge in [-0.3, -0.25) is 10.1 Å². The first kappa shape index (κ1) is 13.3. The maximum atomic E-state index is 12.1. The second-order valence-corrected chi connectivity index (χ2v) is 4.80. The lowest BCUT2D eigenvalue weighted by Crippen LogP contribution is -2.16. The zero-order chi connectivity index (χ0) is 14.7. The molecule has 3 aromatic rings. The van der Waals surface area contributed by atoms with E-state index in [0.29, 0.717) is 12.5 Å². The second-order valence-electron chi connectivity index (χ2n) is 4.80. The number of amides is 1. The van der Waals surface area contributed by atoms with Gasteiger partial charge in [0.05, 0.1) is 17.5 Å². The van der Waals surface area contributed by atoms with Crippen molar-refractivity contribution in [2.45, 2.75) is 13.0 Å².